The maximum atomic E-state index is 12.5. The van der Waals surface area contributed by atoms with Crippen molar-refractivity contribution in [2.24, 2.45) is 0 Å². The van der Waals surface area contributed by atoms with Gasteiger partial charge < -0.3 is 4.90 Å². The molecule has 0 amide bonds. The van der Waals surface area contributed by atoms with Crippen molar-refractivity contribution in [2.45, 2.75) is 0 Å². The monoisotopic (exact) mass is 125 g/mol. The standard InChI is InChI=1S/C7H8FN/c1-6-7(8)4-3-5-9(6)2/h3-5H,1H2,2H3. The highest BCUT2D eigenvalue weighted by Crippen LogP contribution is 2.16. The van der Waals surface area contributed by atoms with Crippen LogP contribution in [-0.2, 0) is 0 Å². The Labute approximate surface area is 53.8 Å². The van der Waals surface area contributed by atoms with E-state index >= 15 is 0 Å². The number of hydrogen-bond acceptors (Lipinski definition) is 1. The highest BCUT2D eigenvalue weighted by atomic mass is 19.1. The van der Waals surface area contributed by atoms with Gasteiger partial charge in [0.05, 0.1) is 5.70 Å². The van der Waals surface area contributed by atoms with Crippen LogP contribution in [0.25, 0.3) is 0 Å². The first-order chi connectivity index (χ1) is 4.22. The van der Waals surface area contributed by atoms with Crippen LogP contribution in [0.15, 0.2) is 36.5 Å². The predicted molar refractivity (Wildman–Crippen MR) is 35.2 cm³/mol. The Morgan fingerprint density at radius 2 is 2.33 bits per heavy atom. The maximum Gasteiger partial charge on any atom is 0.146 e. The van der Waals surface area contributed by atoms with E-state index < -0.39 is 0 Å². The lowest BCUT2D eigenvalue weighted by molar-refractivity contribution is 0.510. The number of rotatable bonds is 0. The fraction of sp³-hybridized carbons (Fsp3) is 0.143. The van der Waals surface area contributed by atoms with E-state index in [4.69, 9.17) is 0 Å². The molecule has 0 aromatic carbocycles. The minimum Gasteiger partial charge on any atom is -0.349 e. The maximum absolute atomic E-state index is 12.5. The second-order valence-electron chi connectivity index (χ2n) is 1.91. The Morgan fingerprint density at radius 3 is 2.78 bits per heavy atom. The van der Waals surface area contributed by atoms with Crippen LogP contribution in [0.2, 0.25) is 0 Å². The van der Waals surface area contributed by atoms with Gasteiger partial charge in [-0.15, -0.1) is 0 Å². The largest absolute Gasteiger partial charge is 0.349 e. The molecule has 0 spiro atoms. The van der Waals surface area contributed by atoms with Crippen molar-refractivity contribution in [3.8, 4) is 0 Å². The van der Waals surface area contributed by atoms with Crippen LogP contribution in [0.4, 0.5) is 4.39 Å². The molecule has 2 heteroatoms. The molecule has 0 radical (unpaired) electrons. The van der Waals surface area contributed by atoms with Gasteiger partial charge in [-0.2, -0.15) is 0 Å². The molecule has 1 heterocycles. The summed E-state index contributed by atoms with van der Waals surface area (Å²) >= 11 is 0. The van der Waals surface area contributed by atoms with Crippen LogP contribution in [-0.4, -0.2) is 11.9 Å². The molecular weight excluding hydrogens is 117 g/mol. The van der Waals surface area contributed by atoms with E-state index in [1.54, 1.807) is 24.2 Å². The molecule has 0 atom stereocenters. The zero-order valence-corrected chi connectivity index (χ0v) is 5.26. The predicted octanol–water partition coefficient (Wildman–Crippen LogP) is 1.81. The van der Waals surface area contributed by atoms with Gasteiger partial charge in [-0.3, -0.25) is 0 Å². The first-order valence-corrected chi connectivity index (χ1v) is 2.68. The van der Waals surface area contributed by atoms with Crippen LogP contribution in [0.1, 0.15) is 0 Å². The Morgan fingerprint density at radius 1 is 1.67 bits per heavy atom. The van der Waals surface area contributed by atoms with Crippen LogP contribution < -0.4 is 0 Å². The summed E-state index contributed by atoms with van der Waals surface area (Å²) in [5.41, 5.74) is 0.414. The van der Waals surface area contributed by atoms with Gasteiger partial charge in [0.15, 0.2) is 0 Å². The van der Waals surface area contributed by atoms with Gasteiger partial charge >= 0.3 is 0 Å². The van der Waals surface area contributed by atoms with Gasteiger partial charge in [0.1, 0.15) is 5.83 Å². The van der Waals surface area contributed by atoms with Crippen molar-refractivity contribution < 1.29 is 4.39 Å². The summed E-state index contributed by atoms with van der Waals surface area (Å²) in [6, 6.07) is 0. The molecule has 0 saturated carbocycles. The Bertz CT molecular complexity index is 191. The molecule has 1 aliphatic heterocycles. The molecule has 1 aliphatic rings. The van der Waals surface area contributed by atoms with Crippen molar-refractivity contribution in [3.05, 3.63) is 36.5 Å². The number of nitrogens with zero attached hydrogens (tertiary/aromatic N) is 1. The van der Waals surface area contributed by atoms with E-state index in [0.29, 0.717) is 5.70 Å². The smallest absolute Gasteiger partial charge is 0.146 e. The molecule has 0 N–H and O–H groups in total. The molecule has 0 bridgehead atoms. The van der Waals surface area contributed by atoms with Gasteiger partial charge in [0, 0.05) is 13.2 Å². The second kappa shape index (κ2) is 2.05. The minimum atomic E-state index is -0.264. The zero-order chi connectivity index (χ0) is 6.85. The molecule has 1 nitrogen and oxygen atoms in total. The Kier molecular flexibility index (Phi) is 1.39. The fourth-order valence-corrected chi connectivity index (χ4v) is 0.611. The third-order valence-corrected chi connectivity index (χ3v) is 1.25. The first-order valence-electron chi connectivity index (χ1n) is 2.68. The molecule has 1 rings (SSSR count). The van der Waals surface area contributed by atoms with Gasteiger partial charge in [0.2, 0.25) is 0 Å². The average Bonchev–Trinajstić information content (AvgIpc) is 1.83. The lowest BCUT2D eigenvalue weighted by Gasteiger charge is -2.17. The van der Waals surface area contributed by atoms with E-state index in [1.165, 1.54) is 6.08 Å². The molecule has 0 aromatic rings. The summed E-state index contributed by atoms with van der Waals surface area (Å²) in [5, 5.41) is 0. The minimum absolute atomic E-state index is 0.264. The summed E-state index contributed by atoms with van der Waals surface area (Å²) in [6.45, 7) is 3.51. The van der Waals surface area contributed by atoms with Crippen molar-refractivity contribution in [1.29, 1.82) is 0 Å². The quantitative estimate of drug-likeness (QED) is 0.477. The first kappa shape index (κ1) is 6.08. The van der Waals surface area contributed by atoms with Gasteiger partial charge in [-0.25, -0.2) is 4.39 Å². The van der Waals surface area contributed by atoms with Crippen LogP contribution in [0.3, 0.4) is 0 Å². The number of halogens is 1. The topological polar surface area (TPSA) is 3.24 Å². The van der Waals surface area contributed by atoms with E-state index in [1.807, 2.05) is 0 Å². The number of likely N-dealkylation sites (N-methyl/N-ethyl adjacent to an activating group) is 1. The summed E-state index contributed by atoms with van der Waals surface area (Å²) in [6.07, 6.45) is 4.79. The van der Waals surface area contributed by atoms with Crippen molar-refractivity contribution in [1.82, 2.24) is 4.90 Å². The van der Waals surface area contributed by atoms with E-state index in [9.17, 15) is 4.39 Å². The van der Waals surface area contributed by atoms with Crippen molar-refractivity contribution >= 4 is 0 Å². The summed E-state index contributed by atoms with van der Waals surface area (Å²) in [4.78, 5) is 1.63. The van der Waals surface area contributed by atoms with Crippen LogP contribution in [0.5, 0.6) is 0 Å². The normalized spacial score (nSPS) is 18.2. The zero-order valence-electron chi connectivity index (χ0n) is 5.26. The SMILES string of the molecule is C=C1C(F)=CC=CN1C. The van der Waals surface area contributed by atoms with Crippen molar-refractivity contribution in [3.63, 3.8) is 0 Å². The summed E-state index contributed by atoms with van der Waals surface area (Å²) < 4.78 is 12.5. The van der Waals surface area contributed by atoms with Crippen LogP contribution >= 0.6 is 0 Å². The molecule has 0 unspecified atom stereocenters. The highest BCUT2D eigenvalue weighted by Gasteiger charge is 2.06. The summed E-state index contributed by atoms with van der Waals surface area (Å²) in [7, 11) is 1.76. The Balaban J connectivity index is 2.86. The van der Waals surface area contributed by atoms with E-state index in [0.717, 1.165) is 0 Å². The lowest BCUT2D eigenvalue weighted by atomic mass is 10.3. The van der Waals surface area contributed by atoms with Gasteiger partial charge in [-0.05, 0) is 12.2 Å². The highest BCUT2D eigenvalue weighted by molar-refractivity contribution is 5.30. The third kappa shape index (κ3) is 1.02. The number of hydrogen-bond donors (Lipinski definition) is 0. The molecule has 0 aromatic heterocycles. The number of allylic oxidation sites excluding steroid dienone is 3. The Hall–Kier alpha value is -1.05. The fourth-order valence-electron chi connectivity index (χ4n) is 0.611. The summed E-state index contributed by atoms with van der Waals surface area (Å²) in [5.74, 6) is -0.264. The molecular formula is C7H8FN. The molecule has 9 heavy (non-hydrogen) atoms. The molecule has 0 fully saturated rings. The van der Waals surface area contributed by atoms with E-state index in [-0.39, 0.29) is 5.83 Å². The second-order valence-corrected chi connectivity index (χ2v) is 1.91. The molecule has 0 aliphatic carbocycles. The van der Waals surface area contributed by atoms with Crippen molar-refractivity contribution in [2.75, 3.05) is 7.05 Å². The average molecular weight is 125 g/mol. The molecule has 48 valence electrons. The third-order valence-electron chi connectivity index (χ3n) is 1.25. The molecule has 0 saturated heterocycles. The van der Waals surface area contributed by atoms with Gasteiger partial charge in [0.25, 0.3) is 0 Å². The van der Waals surface area contributed by atoms with Crippen LogP contribution in [0, 0.1) is 0 Å². The van der Waals surface area contributed by atoms with Gasteiger partial charge in [-0.1, -0.05) is 6.58 Å². The van der Waals surface area contributed by atoms with E-state index in [2.05, 4.69) is 6.58 Å². The lowest BCUT2D eigenvalue weighted by Crippen LogP contribution is -2.11.